The van der Waals surface area contributed by atoms with Gasteiger partial charge in [-0.1, -0.05) is 80.4 Å². The number of benzene rings is 3. The van der Waals surface area contributed by atoms with Gasteiger partial charge in [-0.05, 0) is 82.3 Å². The summed E-state index contributed by atoms with van der Waals surface area (Å²) in [5.41, 5.74) is 3.80. The van der Waals surface area contributed by atoms with Crippen LogP contribution >= 0.6 is 0 Å². The van der Waals surface area contributed by atoms with Gasteiger partial charge in [0, 0.05) is 12.1 Å². The highest BCUT2D eigenvalue weighted by Gasteiger charge is 2.34. The Balaban J connectivity index is 2.08. The van der Waals surface area contributed by atoms with Crippen molar-refractivity contribution in [2.75, 3.05) is 10.8 Å². The van der Waals surface area contributed by atoms with E-state index in [1.54, 1.807) is 36.4 Å². The second-order valence-corrected chi connectivity index (χ2v) is 14.1. The lowest BCUT2D eigenvalue weighted by atomic mass is 10.0. The molecule has 226 valence electrons. The Kier molecular flexibility index (Phi) is 10.6. The Morgan fingerprint density at radius 2 is 1.36 bits per heavy atom. The molecule has 0 heterocycles. The van der Waals surface area contributed by atoms with Crippen molar-refractivity contribution < 1.29 is 18.0 Å². The molecule has 1 N–H and O–H groups in total. The van der Waals surface area contributed by atoms with E-state index in [4.69, 9.17) is 0 Å². The van der Waals surface area contributed by atoms with Gasteiger partial charge in [0.05, 0.1) is 10.6 Å². The standard InChI is InChI=1S/C34H45N3O4S/c1-9-31(33(39)35-34(6,7)8)36(22-27-14-10-25(4)11-15-27)32(38)23-37(29-18-16-28(17-19-29)24(2)3)42(40,41)30-20-12-26(5)13-21-30/h10-21,24,31H,9,22-23H2,1-8H3,(H,35,39)/t31-/m0/s1. The van der Waals surface area contributed by atoms with Crippen LogP contribution in [0.4, 0.5) is 5.69 Å². The summed E-state index contributed by atoms with van der Waals surface area (Å²) in [7, 11) is -4.11. The zero-order valence-corrected chi connectivity index (χ0v) is 27.0. The van der Waals surface area contributed by atoms with Crippen LogP contribution in [0.3, 0.4) is 0 Å². The van der Waals surface area contributed by atoms with Crippen molar-refractivity contribution in [3.63, 3.8) is 0 Å². The first kappa shape index (κ1) is 32.9. The maximum atomic E-state index is 14.2. The lowest BCUT2D eigenvalue weighted by Crippen LogP contribution is -2.55. The fourth-order valence-electron chi connectivity index (χ4n) is 4.65. The van der Waals surface area contributed by atoms with E-state index >= 15 is 0 Å². The summed E-state index contributed by atoms with van der Waals surface area (Å²) in [6.45, 7) is 15.2. The average Bonchev–Trinajstić information content (AvgIpc) is 2.91. The molecule has 0 radical (unpaired) electrons. The maximum Gasteiger partial charge on any atom is 0.264 e. The lowest BCUT2D eigenvalue weighted by molar-refractivity contribution is -0.141. The minimum Gasteiger partial charge on any atom is -0.350 e. The summed E-state index contributed by atoms with van der Waals surface area (Å²) >= 11 is 0. The highest BCUT2D eigenvalue weighted by molar-refractivity contribution is 7.92. The first-order chi connectivity index (χ1) is 19.6. The predicted molar refractivity (Wildman–Crippen MR) is 170 cm³/mol. The third-order valence-electron chi connectivity index (χ3n) is 7.09. The molecule has 0 bridgehead atoms. The second-order valence-electron chi connectivity index (χ2n) is 12.2. The first-order valence-electron chi connectivity index (χ1n) is 14.5. The third kappa shape index (κ3) is 8.44. The minimum atomic E-state index is -4.11. The number of carbonyl (C=O) groups excluding carboxylic acids is 2. The van der Waals surface area contributed by atoms with Gasteiger partial charge in [0.15, 0.2) is 0 Å². The van der Waals surface area contributed by atoms with Crippen LogP contribution in [0.5, 0.6) is 0 Å². The van der Waals surface area contributed by atoms with Crippen molar-refractivity contribution in [2.24, 2.45) is 0 Å². The van der Waals surface area contributed by atoms with Gasteiger partial charge in [0.1, 0.15) is 12.6 Å². The van der Waals surface area contributed by atoms with Crippen LogP contribution in [0, 0.1) is 13.8 Å². The molecule has 8 heteroatoms. The molecule has 7 nitrogen and oxygen atoms in total. The number of rotatable bonds is 11. The van der Waals surface area contributed by atoms with Gasteiger partial charge in [-0.25, -0.2) is 8.42 Å². The Morgan fingerprint density at radius 1 is 0.833 bits per heavy atom. The smallest absolute Gasteiger partial charge is 0.264 e. The van der Waals surface area contributed by atoms with E-state index in [1.165, 1.54) is 4.90 Å². The van der Waals surface area contributed by atoms with Crippen LogP contribution in [0.1, 0.15) is 76.1 Å². The van der Waals surface area contributed by atoms with Crippen LogP contribution in [-0.4, -0.2) is 43.3 Å². The van der Waals surface area contributed by atoms with E-state index in [0.717, 1.165) is 26.6 Å². The number of nitrogens with zero attached hydrogens (tertiary/aromatic N) is 2. The van der Waals surface area contributed by atoms with Gasteiger partial charge in [-0.3, -0.25) is 13.9 Å². The number of anilines is 1. The molecule has 42 heavy (non-hydrogen) atoms. The minimum absolute atomic E-state index is 0.0939. The van der Waals surface area contributed by atoms with E-state index in [9.17, 15) is 18.0 Å². The van der Waals surface area contributed by atoms with E-state index in [0.29, 0.717) is 12.1 Å². The van der Waals surface area contributed by atoms with Crippen molar-refractivity contribution in [3.8, 4) is 0 Å². The predicted octanol–water partition coefficient (Wildman–Crippen LogP) is 6.34. The molecule has 2 amide bonds. The molecule has 0 aromatic heterocycles. The molecular formula is C34H45N3O4S. The quantitative estimate of drug-likeness (QED) is 0.282. The van der Waals surface area contributed by atoms with Crippen LogP contribution in [-0.2, 0) is 26.2 Å². The van der Waals surface area contributed by atoms with E-state index in [-0.39, 0.29) is 23.3 Å². The second kappa shape index (κ2) is 13.6. The van der Waals surface area contributed by atoms with Crippen molar-refractivity contribution in [3.05, 3.63) is 95.1 Å². The zero-order valence-electron chi connectivity index (χ0n) is 26.1. The van der Waals surface area contributed by atoms with E-state index < -0.39 is 34.1 Å². The van der Waals surface area contributed by atoms with Crippen LogP contribution < -0.4 is 9.62 Å². The number of aryl methyl sites for hydroxylation is 2. The Labute approximate surface area is 252 Å². The van der Waals surface area contributed by atoms with E-state index in [2.05, 4.69) is 19.2 Å². The molecule has 0 saturated carbocycles. The molecular weight excluding hydrogens is 546 g/mol. The average molecular weight is 592 g/mol. The Hall–Kier alpha value is -3.65. The van der Waals surface area contributed by atoms with Gasteiger partial charge < -0.3 is 10.2 Å². The summed E-state index contributed by atoms with van der Waals surface area (Å²) in [6.07, 6.45) is 0.368. The maximum absolute atomic E-state index is 14.2. The SMILES string of the molecule is CC[C@@H](C(=O)NC(C)(C)C)N(Cc1ccc(C)cc1)C(=O)CN(c1ccc(C(C)C)cc1)S(=O)(=O)c1ccc(C)cc1. The van der Waals surface area contributed by atoms with Crippen LogP contribution in [0.15, 0.2) is 77.7 Å². The molecule has 0 unspecified atom stereocenters. The molecule has 0 saturated heterocycles. The highest BCUT2D eigenvalue weighted by atomic mass is 32.2. The molecule has 0 aliphatic heterocycles. The Morgan fingerprint density at radius 3 is 1.83 bits per heavy atom. The molecule has 3 aromatic carbocycles. The number of carbonyl (C=O) groups is 2. The zero-order chi connectivity index (χ0) is 31.2. The third-order valence-corrected chi connectivity index (χ3v) is 8.88. The molecule has 1 atom stereocenters. The van der Waals surface area contributed by atoms with Gasteiger partial charge in [-0.15, -0.1) is 0 Å². The van der Waals surface area contributed by atoms with Crippen molar-refractivity contribution in [2.45, 2.75) is 90.7 Å². The first-order valence-corrected chi connectivity index (χ1v) is 15.9. The largest absolute Gasteiger partial charge is 0.350 e. The monoisotopic (exact) mass is 591 g/mol. The lowest BCUT2D eigenvalue weighted by Gasteiger charge is -2.35. The van der Waals surface area contributed by atoms with Crippen molar-refractivity contribution >= 4 is 27.5 Å². The van der Waals surface area contributed by atoms with Gasteiger partial charge in [0.2, 0.25) is 11.8 Å². The van der Waals surface area contributed by atoms with Crippen LogP contribution in [0.25, 0.3) is 0 Å². The topological polar surface area (TPSA) is 86.8 Å². The molecule has 3 aromatic rings. The summed E-state index contributed by atoms with van der Waals surface area (Å²) in [5.74, 6) is -0.478. The van der Waals surface area contributed by atoms with Crippen molar-refractivity contribution in [1.82, 2.24) is 10.2 Å². The number of hydrogen-bond acceptors (Lipinski definition) is 4. The van der Waals surface area contributed by atoms with Crippen LogP contribution in [0.2, 0.25) is 0 Å². The fourth-order valence-corrected chi connectivity index (χ4v) is 6.07. The fraction of sp³-hybridized carbons (Fsp3) is 0.412. The van der Waals surface area contributed by atoms with Gasteiger partial charge in [-0.2, -0.15) is 0 Å². The molecule has 0 aliphatic rings. The summed E-state index contributed by atoms with van der Waals surface area (Å²) < 4.78 is 29.3. The van der Waals surface area contributed by atoms with Crippen molar-refractivity contribution in [1.29, 1.82) is 0 Å². The number of hydrogen-bond donors (Lipinski definition) is 1. The molecule has 3 rings (SSSR count). The summed E-state index contributed by atoms with van der Waals surface area (Å²) in [6, 6.07) is 20.8. The molecule has 0 spiro atoms. The number of nitrogens with one attached hydrogen (secondary N) is 1. The molecule has 0 fully saturated rings. The van der Waals surface area contributed by atoms with E-state index in [1.807, 2.05) is 77.9 Å². The van der Waals surface area contributed by atoms with Gasteiger partial charge in [0.25, 0.3) is 10.0 Å². The normalized spacial score (nSPS) is 12.6. The molecule has 0 aliphatic carbocycles. The Bertz CT molecular complexity index is 1460. The highest BCUT2D eigenvalue weighted by Crippen LogP contribution is 2.27. The summed E-state index contributed by atoms with van der Waals surface area (Å²) in [5, 5.41) is 3.00. The summed E-state index contributed by atoms with van der Waals surface area (Å²) in [4.78, 5) is 29.3. The number of sulfonamides is 1. The number of amides is 2. The van der Waals surface area contributed by atoms with Gasteiger partial charge >= 0.3 is 0 Å².